The summed E-state index contributed by atoms with van der Waals surface area (Å²) in [7, 11) is 1.60. The Bertz CT molecular complexity index is 1250. The quantitative estimate of drug-likeness (QED) is 0.439. The normalized spacial score (nSPS) is 18.5. The molecule has 1 saturated heterocycles. The van der Waals surface area contributed by atoms with Gasteiger partial charge in [-0.05, 0) is 13.0 Å². The average molecular weight is 485 g/mol. The van der Waals surface area contributed by atoms with Crippen molar-refractivity contribution in [2.45, 2.75) is 38.4 Å². The van der Waals surface area contributed by atoms with Crippen LogP contribution in [-0.4, -0.2) is 69.8 Å². The standard InChI is InChI=1S/C24H28N4O7/c1-14(29)4-6-35-16-8-19(27-21(9-16)24(33-3)5-7-34-13-24)18-12-28(23(31)32)20-11-25-22(10-17(18)20)26-15(2)30/h8-12,14,29H,4-7,13H2,1-3H3,(H,31,32)(H,25,26,30)/t14?,24-/m0/s1. The summed E-state index contributed by atoms with van der Waals surface area (Å²) in [6.45, 7) is 4.17. The SMILES string of the molecule is CO[C@@]1(c2cc(OCCC(C)O)cc(-c3cn(C(=O)O)c4cnc(NC(C)=O)cc34)n2)CCOC1. The van der Waals surface area contributed by atoms with Gasteiger partial charge in [-0.2, -0.15) is 0 Å². The molecule has 0 aromatic carbocycles. The highest BCUT2D eigenvalue weighted by Crippen LogP contribution is 2.38. The van der Waals surface area contributed by atoms with Gasteiger partial charge in [0.2, 0.25) is 5.91 Å². The highest BCUT2D eigenvalue weighted by molar-refractivity contribution is 6.01. The first-order valence-electron chi connectivity index (χ1n) is 11.2. The molecule has 186 valence electrons. The van der Waals surface area contributed by atoms with Crippen LogP contribution in [0.5, 0.6) is 5.75 Å². The molecular weight excluding hydrogens is 456 g/mol. The lowest BCUT2D eigenvalue weighted by Crippen LogP contribution is -2.30. The van der Waals surface area contributed by atoms with E-state index in [1.807, 2.05) is 0 Å². The van der Waals surface area contributed by atoms with Gasteiger partial charge >= 0.3 is 6.09 Å². The van der Waals surface area contributed by atoms with E-state index in [0.29, 0.717) is 59.7 Å². The summed E-state index contributed by atoms with van der Waals surface area (Å²) < 4.78 is 18.4. The first-order chi connectivity index (χ1) is 16.7. The summed E-state index contributed by atoms with van der Waals surface area (Å²) in [6.07, 6.45) is 2.19. The molecule has 1 fully saturated rings. The second-order valence-corrected chi connectivity index (χ2v) is 8.52. The van der Waals surface area contributed by atoms with Crippen molar-refractivity contribution in [3.8, 4) is 17.0 Å². The fraction of sp³-hybridized carbons (Fsp3) is 0.417. The van der Waals surface area contributed by atoms with Gasteiger partial charge in [-0.25, -0.2) is 14.8 Å². The number of ether oxygens (including phenoxy) is 3. The van der Waals surface area contributed by atoms with E-state index in [4.69, 9.17) is 19.2 Å². The second kappa shape index (κ2) is 9.98. The van der Waals surface area contributed by atoms with E-state index in [1.54, 1.807) is 32.2 Å². The van der Waals surface area contributed by atoms with E-state index >= 15 is 0 Å². The van der Waals surface area contributed by atoms with Gasteiger partial charge in [0.05, 0.1) is 42.4 Å². The Morgan fingerprint density at radius 2 is 2.14 bits per heavy atom. The van der Waals surface area contributed by atoms with Gasteiger partial charge in [0, 0.05) is 62.8 Å². The van der Waals surface area contributed by atoms with Crippen molar-refractivity contribution in [3.05, 3.63) is 36.3 Å². The summed E-state index contributed by atoms with van der Waals surface area (Å²) in [6, 6.07) is 5.10. The van der Waals surface area contributed by atoms with Crippen LogP contribution in [0, 0.1) is 0 Å². The minimum absolute atomic E-state index is 0.282. The number of hydrogen-bond acceptors (Lipinski definition) is 8. The van der Waals surface area contributed by atoms with Crippen LogP contribution in [-0.2, 0) is 19.9 Å². The molecule has 1 aliphatic heterocycles. The van der Waals surface area contributed by atoms with Crippen molar-refractivity contribution in [1.82, 2.24) is 14.5 Å². The van der Waals surface area contributed by atoms with Gasteiger partial charge < -0.3 is 29.7 Å². The molecule has 1 amide bonds. The number of pyridine rings is 2. The third kappa shape index (κ3) is 5.11. The van der Waals surface area contributed by atoms with E-state index in [-0.39, 0.29) is 18.3 Å². The number of nitrogens with one attached hydrogen (secondary N) is 1. The fourth-order valence-corrected chi connectivity index (χ4v) is 4.06. The number of rotatable bonds is 8. The van der Waals surface area contributed by atoms with Gasteiger partial charge in [0.1, 0.15) is 17.2 Å². The van der Waals surface area contributed by atoms with E-state index in [1.165, 1.54) is 19.3 Å². The topological polar surface area (TPSA) is 145 Å². The first-order valence-corrected chi connectivity index (χ1v) is 11.2. The number of aliphatic hydroxyl groups excluding tert-OH is 1. The number of aromatic nitrogens is 3. The molecule has 3 N–H and O–H groups in total. The first kappa shape index (κ1) is 24.6. The van der Waals surface area contributed by atoms with E-state index in [9.17, 15) is 19.8 Å². The molecule has 11 heteroatoms. The molecule has 3 aromatic heterocycles. The number of hydrogen-bond donors (Lipinski definition) is 3. The van der Waals surface area contributed by atoms with Crippen molar-refractivity contribution < 1.29 is 34.0 Å². The summed E-state index contributed by atoms with van der Waals surface area (Å²) >= 11 is 0. The lowest BCUT2D eigenvalue weighted by atomic mass is 9.96. The number of anilines is 1. The molecule has 35 heavy (non-hydrogen) atoms. The molecule has 0 aliphatic carbocycles. The van der Waals surface area contributed by atoms with E-state index < -0.39 is 17.8 Å². The lowest BCUT2D eigenvalue weighted by Gasteiger charge is -2.26. The molecule has 4 rings (SSSR count). The number of amides is 1. The van der Waals surface area contributed by atoms with E-state index in [0.717, 1.165) is 4.57 Å². The highest BCUT2D eigenvalue weighted by atomic mass is 16.5. The Kier molecular flexibility index (Phi) is 7.01. The number of carboxylic acid groups (broad SMARTS) is 1. The largest absolute Gasteiger partial charge is 0.493 e. The molecule has 4 heterocycles. The van der Waals surface area contributed by atoms with Crippen LogP contribution in [0.25, 0.3) is 22.2 Å². The zero-order chi connectivity index (χ0) is 25.2. The molecular formula is C24H28N4O7. The molecule has 0 spiro atoms. The molecule has 0 saturated carbocycles. The monoisotopic (exact) mass is 484 g/mol. The third-order valence-electron chi connectivity index (χ3n) is 5.92. The maximum atomic E-state index is 11.9. The molecule has 2 atom stereocenters. The van der Waals surface area contributed by atoms with Crippen LogP contribution in [0.2, 0.25) is 0 Å². The summed E-state index contributed by atoms with van der Waals surface area (Å²) in [5.74, 6) is 0.492. The highest BCUT2D eigenvalue weighted by Gasteiger charge is 2.39. The van der Waals surface area contributed by atoms with Crippen LogP contribution in [0.3, 0.4) is 0 Å². The van der Waals surface area contributed by atoms with Crippen LogP contribution in [0.15, 0.2) is 30.6 Å². The predicted molar refractivity (Wildman–Crippen MR) is 127 cm³/mol. The summed E-state index contributed by atoms with van der Waals surface area (Å²) in [5.41, 5.74) is 1.14. The summed E-state index contributed by atoms with van der Waals surface area (Å²) in [5, 5.41) is 22.5. The van der Waals surface area contributed by atoms with Gasteiger partial charge in [-0.3, -0.25) is 9.36 Å². The number of aliphatic hydroxyl groups is 1. The molecule has 11 nitrogen and oxygen atoms in total. The average Bonchev–Trinajstić information content (AvgIpc) is 3.44. The molecule has 0 radical (unpaired) electrons. The molecule has 1 aliphatic rings. The zero-order valence-corrected chi connectivity index (χ0v) is 19.8. The Labute approximate surface area is 201 Å². The summed E-state index contributed by atoms with van der Waals surface area (Å²) in [4.78, 5) is 32.5. The molecule has 3 aromatic rings. The fourth-order valence-electron chi connectivity index (χ4n) is 4.06. The van der Waals surface area contributed by atoms with Crippen LogP contribution < -0.4 is 10.1 Å². The van der Waals surface area contributed by atoms with Crippen molar-refractivity contribution in [1.29, 1.82) is 0 Å². The Balaban J connectivity index is 1.88. The molecule has 0 bridgehead atoms. The maximum Gasteiger partial charge on any atom is 0.416 e. The Morgan fingerprint density at radius 3 is 2.77 bits per heavy atom. The third-order valence-corrected chi connectivity index (χ3v) is 5.92. The number of carbonyl (C=O) groups excluding carboxylic acids is 1. The van der Waals surface area contributed by atoms with Gasteiger partial charge in [0.15, 0.2) is 0 Å². The predicted octanol–water partition coefficient (Wildman–Crippen LogP) is 2.99. The molecule has 1 unspecified atom stereocenters. The Hall–Kier alpha value is -3.54. The van der Waals surface area contributed by atoms with E-state index in [2.05, 4.69) is 10.3 Å². The Morgan fingerprint density at radius 1 is 1.34 bits per heavy atom. The minimum Gasteiger partial charge on any atom is -0.493 e. The number of fused-ring (bicyclic) bond motifs is 1. The van der Waals surface area contributed by atoms with Crippen molar-refractivity contribution >= 4 is 28.7 Å². The van der Waals surface area contributed by atoms with Crippen molar-refractivity contribution in [3.63, 3.8) is 0 Å². The van der Waals surface area contributed by atoms with Gasteiger partial charge in [0.25, 0.3) is 0 Å². The van der Waals surface area contributed by atoms with Gasteiger partial charge in [-0.1, -0.05) is 0 Å². The number of methoxy groups -OCH3 is 1. The van der Waals surface area contributed by atoms with Crippen LogP contribution in [0.1, 0.15) is 32.4 Å². The smallest absolute Gasteiger partial charge is 0.416 e. The number of nitrogens with zero attached hydrogens (tertiary/aromatic N) is 3. The maximum absolute atomic E-state index is 11.9. The van der Waals surface area contributed by atoms with Crippen LogP contribution in [0.4, 0.5) is 10.6 Å². The van der Waals surface area contributed by atoms with Gasteiger partial charge in [-0.15, -0.1) is 0 Å². The zero-order valence-electron chi connectivity index (χ0n) is 19.8. The second-order valence-electron chi connectivity index (χ2n) is 8.52. The van der Waals surface area contributed by atoms with Crippen molar-refractivity contribution in [2.75, 3.05) is 32.2 Å². The van der Waals surface area contributed by atoms with Crippen LogP contribution >= 0.6 is 0 Å². The minimum atomic E-state index is -1.18. The van der Waals surface area contributed by atoms with Crippen molar-refractivity contribution in [2.24, 2.45) is 0 Å². The lowest BCUT2D eigenvalue weighted by molar-refractivity contribution is -0.114. The number of carbonyl (C=O) groups is 2.